The number of carbonyl (C=O) groups is 2. The summed E-state index contributed by atoms with van der Waals surface area (Å²) in [4.78, 5) is 29.2. The van der Waals surface area contributed by atoms with Crippen LogP contribution in [0.1, 0.15) is 22.3 Å². The highest BCUT2D eigenvalue weighted by atomic mass is 16.4. The van der Waals surface area contributed by atoms with Gasteiger partial charge in [0.2, 0.25) is 0 Å². The second-order valence-electron chi connectivity index (χ2n) is 6.52. The lowest BCUT2D eigenvalue weighted by Crippen LogP contribution is -2.56. The Morgan fingerprint density at radius 3 is 2.50 bits per heavy atom. The molecule has 26 heavy (non-hydrogen) atoms. The molecule has 1 aromatic carbocycles. The Morgan fingerprint density at radius 2 is 1.88 bits per heavy atom. The van der Waals surface area contributed by atoms with E-state index < -0.39 is 23.5 Å². The van der Waals surface area contributed by atoms with Crippen molar-refractivity contribution in [3.63, 3.8) is 0 Å². The molecule has 1 aliphatic heterocycles. The van der Waals surface area contributed by atoms with Crippen LogP contribution in [0.5, 0.6) is 0 Å². The number of nitrogens with zero attached hydrogens (tertiary/aromatic N) is 2. The third-order valence-electron chi connectivity index (χ3n) is 4.96. The van der Waals surface area contributed by atoms with Crippen molar-refractivity contribution in [1.82, 2.24) is 4.98 Å². The lowest BCUT2D eigenvalue weighted by atomic mass is 9.71. The van der Waals surface area contributed by atoms with E-state index in [0.29, 0.717) is 6.54 Å². The van der Waals surface area contributed by atoms with Gasteiger partial charge in [0.05, 0.1) is 6.10 Å². The number of carboxylic acids is 2. The van der Waals surface area contributed by atoms with Crippen molar-refractivity contribution in [2.45, 2.75) is 18.9 Å². The molecule has 3 N–H and O–H groups in total. The molecule has 0 saturated carbocycles. The summed E-state index contributed by atoms with van der Waals surface area (Å²) in [6.45, 7) is 0.309. The molecule has 0 amide bonds. The molecule has 0 aliphatic carbocycles. The summed E-state index contributed by atoms with van der Waals surface area (Å²) < 4.78 is 0. The average molecular weight is 356 g/mol. The number of aliphatic hydroxyl groups excluding tert-OH is 1. The largest absolute Gasteiger partial charge is 0.481 e. The van der Waals surface area contributed by atoms with E-state index in [1.807, 2.05) is 30.3 Å². The third kappa shape index (κ3) is 3.25. The van der Waals surface area contributed by atoms with Gasteiger partial charge >= 0.3 is 11.9 Å². The van der Waals surface area contributed by atoms with Crippen LogP contribution in [0.2, 0.25) is 0 Å². The number of hydrogen-bond acceptors (Lipinski definition) is 5. The van der Waals surface area contributed by atoms with Crippen LogP contribution < -0.4 is 4.90 Å². The van der Waals surface area contributed by atoms with E-state index in [-0.39, 0.29) is 30.8 Å². The van der Waals surface area contributed by atoms with E-state index in [1.165, 1.54) is 18.3 Å². The van der Waals surface area contributed by atoms with E-state index in [9.17, 15) is 24.9 Å². The van der Waals surface area contributed by atoms with Crippen LogP contribution in [-0.2, 0) is 11.2 Å². The van der Waals surface area contributed by atoms with Crippen molar-refractivity contribution >= 4 is 17.8 Å². The molecular formula is C19H20N2O5. The second-order valence-corrected chi connectivity index (χ2v) is 6.52. The van der Waals surface area contributed by atoms with E-state index in [1.54, 1.807) is 4.90 Å². The second kappa shape index (κ2) is 7.13. The number of pyridine rings is 1. The number of benzene rings is 1. The molecule has 0 radical (unpaired) electrons. The fraction of sp³-hybridized carbons (Fsp3) is 0.316. The van der Waals surface area contributed by atoms with Crippen LogP contribution in [0.15, 0.2) is 48.7 Å². The normalized spacial score (nSPS) is 22.8. The highest BCUT2D eigenvalue weighted by Crippen LogP contribution is 2.37. The topological polar surface area (TPSA) is 111 Å². The molecule has 0 unspecified atom stereocenters. The Hall–Kier alpha value is -2.93. The number of anilines is 1. The zero-order chi connectivity index (χ0) is 18.7. The van der Waals surface area contributed by atoms with Gasteiger partial charge in [0.25, 0.3) is 0 Å². The number of aliphatic hydroxyl groups is 1. The Labute approximate surface area is 150 Å². The fourth-order valence-corrected chi connectivity index (χ4v) is 3.48. The Balaban J connectivity index is 1.86. The maximum absolute atomic E-state index is 12.0. The van der Waals surface area contributed by atoms with E-state index in [4.69, 9.17) is 0 Å². The molecule has 1 fully saturated rings. The smallest absolute Gasteiger partial charge is 0.339 e. The first-order valence-electron chi connectivity index (χ1n) is 8.33. The quantitative estimate of drug-likeness (QED) is 0.747. The zero-order valence-corrected chi connectivity index (χ0v) is 14.1. The molecule has 0 bridgehead atoms. The average Bonchev–Trinajstić information content (AvgIpc) is 2.64. The first kappa shape index (κ1) is 17.9. The number of aromatic nitrogens is 1. The molecule has 1 aromatic heterocycles. The van der Waals surface area contributed by atoms with E-state index in [2.05, 4.69) is 4.98 Å². The molecule has 7 nitrogen and oxygen atoms in total. The van der Waals surface area contributed by atoms with Gasteiger partial charge in [-0.25, -0.2) is 9.78 Å². The Bertz CT molecular complexity index is 811. The van der Waals surface area contributed by atoms with Crippen LogP contribution in [0, 0.1) is 5.41 Å². The molecule has 136 valence electrons. The highest BCUT2D eigenvalue weighted by molar-refractivity contribution is 5.93. The number of β-amino-alcohol motifs (C(OH)–C–C–N with tert-alkyl or cyclic N) is 1. The maximum Gasteiger partial charge on any atom is 0.339 e. The first-order chi connectivity index (χ1) is 12.4. The van der Waals surface area contributed by atoms with Gasteiger partial charge in [-0.15, -0.1) is 0 Å². The number of aliphatic carboxylic acids is 1. The van der Waals surface area contributed by atoms with Crippen molar-refractivity contribution in [3.05, 3.63) is 59.8 Å². The van der Waals surface area contributed by atoms with Crippen molar-refractivity contribution < 1.29 is 24.9 Å². The monoisotopic (exact) mass is 356 g/mol. The summed E-state index contributed by atoms with van der Waals surface area (Å²) >= 11 is 0. The molecule has 7 heteroatoms. The molecule has 1 saturated heterocycles. The maximum atomic E-state index is 12.0. The van der Waals surface area contributed by atoms with Gasteiger partial charge in [0, 0.05) is 19.3 Å². The predicted octanol–water partition coefficient (Wildman–Crippen LogP) is 1.66. The minimum absolute atomic E-state index is 0.0103. The summed E-state index contributed by atoms with van der Waals surface area (Å²) in [5, 5.41) is 29.9. The number of rotatable bonds is 5. The predicted molar refractivity (Wildman–Crippen MR) is 94.2 cm³/mol. The number of carboxylic acid groups (broad SMARTS) is 2. The van der Waals surface area contributed by atoms with Gasteiger partial charge in [0.1, 0.15) is 16.8 Å². The summed E-state index contributed by atoms with van der Waals surface area (Å²) in [5.74, 6) is -1.91. The molecule has 3 rings (SSSR count). The summed E-state index contributed by atoms with van der Waals surface area (Å²) in [7, 11) is 0. The fourth-order valence-electron chi connectivity index (χ4n) is 3.48. The first-order valence-corrected chi connectivity index (χ1v) is 8.33. The molecule has 1 aliphatic rings. The van der Waals surface area contributed by atoms with Gasteiger partial charge in [0.15, 0.2) is 0 Å². The van der Waals surface area contributed by atoms with Crippen LogP contribution in [0.3, 0.4) is 0 Å². The number of aromatic carboxylic acids is 1. The van der Waals surface area contributed by atoms with Crippen LogP contribution in [0.25, 0.3) is 0 Å². The highest BCUT2D eigenvalue weighted by Gasteiger charge is 2.49. The van der Waals surface area contributed by atoms with Crippen molar-refractivity contribution in [3.8, 4) is 0 Å². The Morgan fingerprint density at radius 1 is 1.15 bits per heavy atom. The summed E-state index contributed by atoms with van der Waals surface area (Å²) in [5.41, 5.74) is -0.437. The molecule has 2 aromatic rings. The van der Waals surface area contributed by atoms with Gasteiger partial charge in [-0.2, -0.15) is 0 Å². The summed E-state index contributed by atoms with van der Waals surface area (Å²) in [6.07, 6.45) is 0.731. The lowest BCUT2D eigenvalue weighted by molar-refractivity contribution is -0.158. The van der Waals surface area contributed by atoms with Crippen LogP contribution >= 0.6 is 0 Å². The van der Waals surface area contributed by atoms with E-state index >= 15 is 0 Å². The molecular weight excluding hydrogens is 336 g/mol. The van der Waals surface area contributed by atoms with Gasteiger partial charge in [-0.3, -0.25) is 4.79 Å². The van der Waals surface area contributed by atoms with Crippen molar-refractivity contribution in [1.29, 1.82) is 0 Å². The molecule has 2 heterocycles. The van der Waals surface area contributed by atoms with E-state index in [0.717, 1.165) is 5.56 Å². The Kier molecular flexibility index (Phi) is 4.90. The molecule has 2 atom stereocenters. The zero-order valence-electron chi connectivity index (χ0n) is 14.1. The SMILES string of the molecule is O=C(O)c1cccnc1N1CC[C@](Cc2ccccc2)(C(=O)O)[C@H](O)C1. The van der Waals surface area contributed by atoms with Gasteiger partial charge in [-0.05, 0) is 30.5 Å². The van der Waals surface area contributed by atoms with Crippen molar-refractivity contribution in [2.75, 3.05) is 18.0 Å². The standard InChI is InChI=1S/C19H20N2O5/c22-15-12-21(16-14(17(23)24)7-4-9-20-16)10-8-19(15,18(25)26)11-13-5-2-1-3-6-13/h1-7,9,15,22H,8,10-12H2,(H,23,24)(H,25,26)/t15-,19-/m1/s1. The third-order valence-corrected chi connectivity index (χ3v) is 4.96. The number of piperidine rings is 1. The lowest BCUT2D eigenvalue weighted by Gasteiger charge is -2.43. The van der Waals surface area contributed by atoms with Crippen molar-refractivity contribution in [2.24, 2.45) is 5.41 Å². The summed E-state index contributed by atoms with van der Waals surface area (Å²) in [6, 6.07) is 12.2. The van der Waals surface area contributed by atoms with Crippen LogP contribution in [0.4, 0.5) is 5.82 Å². The van der Waals surface area contributed by atoms with Gasteiger partial charge in [-0.1, -0.05) is 30.3 Å². The minimum atomic E-state index is -1.31. The van der Waals surface area contributed by atoms with Crippen LogP contribution in [-0.4, -0.2) is 51.4 Å². The number of hydrogen-bond donors (Lipinski definition) is 3. The molecule has 0 spiro atoms. The minimum Gasteiger partial charge on any atom is -0.481 e. The van der Waals surface area contributed by atoms with Gasteiger partial charge < -0.3 is 20.2 Å².